The minimum absolute atomic E-state index is 0.0228. The van der Waals surface area contributed by atoms with Crippen LogP contribution in [0.15, 0.2) is 76.1 Å². The Morgan fingerprint density at radius 2 is 1.65 bits per heavy atom. The summed E-state index contributed by atoms with van der Waals surface area (Å²) in [7, 11) is -3.65. The first-order chi connectivity index (χ1) is 16.4. The molecule has 0 atom stereocenters. The lowest BCUT2D eigenvalue weighted by Crippen LogP contribution is -2.50. The smallest absolute Gasteiger partial charge is 0.243 e. The van der Waals surface area contributed by atoms with E-state index in [-0.39, 0.29) is 25.4 Å². The Bertz CT molecular complexity index is 1430. The summed E-state index contributed by atoms with van der Waals surface area (Å²) in [6.07, 6.45) is 0.252. The molecular formula is C25H24N4O4S. The molecule has 3 aromatic carbocycles. The molecule has 0 bridgehead atoms. The molecule has 1 aliphatic rings. The average molecular weight is 477 g/mol. The SMILES string of the molecule is Cc1nc(-c2ccc(CC(=O)N3CCN(S(=O)(=O)c4cccc5ccccc45)CC3)cc2)no1. The summed E-state index contributed by atoms with van der Waals surface area (Å²) in [5.41, 5.74) is 1.69. The first-order valence-corrected chi connectivity index (χ1v) is 12.5. The van der Waals surface area contributed by atoms with Gasteiger partial charge in [0.15, 0.2) is 0 Å². The van der Waals surface area contributed by atoms with E-state index in [1.165, 1.54) is 4.31 Å². The van der Waals surface area contributed by atoms with Crippen LogP contribution in [0.25, 0.3) is 22.2 Å². The van der Waals surface area contributed by atoms with Gasteiger partial charge in [0.1, 0.15) is 0 Å². The number of aromatic nitrogens is 2. The summed E-state index contributed by atoms with van der Waals surface area (Å²) in [5.74, 6) is 0.986. The van der Waals surface area contributed by atoms with Gasteiger partial charge in [0.25, 0.3) is 0 Å². The van der Waals surface area contributed by atoms with Crippen molar-refractivity contribution in [3.63, 3.8) is 0 Å². The second-order valence-electron chi connectivity index (χ2n) is 8.27. The van der Waals surface area contributed by atoms with Gasteiger partial charge in [0.05, 0.1) is 11.3 Å². The zero-order chi connectivity index (χ0) is 23.7. The van der Waals surface area contributed by atoms with Gasteiger partial charge in [-0.2, -0.15) is 9.29 Å². The highest BCUT2D eigenvalue weighted by molar-refractivity contribution is 7.89. The van der Waals surface area contributed by atoms with Gasteiger partial charge in [-0.05, 0) is 17.0 Å². The topological polar surface area (TPSA) is 96.6 Å². The van der Waals surface area contributed by atoms with Crippen molar-refractivity contribution in [3.8, 4) is 11.4 Å². The fourth-order valence-electron chi connectivity index (χ4n) is 4.21. The number of sulfonamides is 1. The standard InChI is InChI=1S/C25H24N4O4S/c1-18-26-25(27-33-18)21-11-9-19(10-12-21)17-24(30)28-13-15-29(16-14-28)34(31,32)23-8-4-6-20-5-2-3-7-22(20)23/h2-12H,13-17H2,1H3. The monoisotopic (exact) mass is 476 g/mol. The van der Waals surface area contributed by atoms with E-state index in [0.717, 1.165) is 16.5 Å². The molecule has 4 aromatic rings. The Morgan fingerprint density at radius 3 is 2.35 bits per heavy atom. The number of hydrogen-bond donors (Lipinski definition) is 0. The Labute approximate surface area is 197 Å². The van der Waals surface area contributed by atoms with Crippen molar-refractivity contribution >= 4 is 26.7 Å². The fraction of sp³-hybridized carbons (Fsp3) is 0.240. The van der Waals surface area contributed by atoms with E-state index in [1.54, 1.807) is 24.0 Å². The number of nitrogens with zero attached hydrogens (tertiary/aromatic N) is 4. The van der Waals surface area contributed by atoms with E-state index in [1.807, 2.05) is 54.6 Å². The molecule has 0 radical (unpaired) electrons. The normalized spacial score (nSPS) is 15.0. The summed E-state index contributed by atoms with van der Waals surface area (Å²) < 4.78 is 33.1. The van der Waals surface area contributed by atoms with E-state index in [9.17, 15) is 13.2 Å². The predicted octanol–water partition coefficient (Wildman–Crippen LogP) is 3.27. The molecule has 0 unspecified atom stereocenters. The van der Waals surface area contributed by atoms with Crippen LogP contribution in [0.3, 0.4) is 0 Å². The minimum atomic E-state index is -3.65. The molecule has 1 saturated heterocycles. The summed E-state index contributed by atoms with van der Waals surface area (Å²) in [6, 6.07) is 20.3. The highest BCUT2D eigenvalue weighted by Gasteiger charge is 2.31. The van der Waals surface area contributed by atoms with E-state index in [2.05, 4.69) is 10.1 Å². The zero-order valence-corrected chi connectivity index (χ0v) is 19.5. The lowest BCUT2D eigenvalue weighted by molar-refractivity contribution is -0.131. The Balaban J connectivity index is 1.23. The van der Waals surface area contributed by atoms with Crippen LogP contribution in [-0.4, -0.2) is 59.8 Å². The van der Waals surface area contributed by atoms with Crippen LogP contribution in [0, 0.1) is 6.92 Å². The molecule has 0 N–H and O–H groups in total. The maximum absolute atomic E-state index is 13.3. The van der Waals surface area contributed by atoms with Crippen molar-refractivity contribution in [1.29, 1.82) is 0 Å². The quantitative estimate of drug-likeness (QED) is 0.439. The molecule has 0 aliphatic carbocycles. The number of benzene rings is 3. The lowest BCUT2D eigenvalue weighted by Gasteiger charge is -2.34. The summed E-state index contributed by atoms with van der Waals surface area (Å²) >= 11 is 0. The van der Waals surface area contributed by atoms with Crippen molar-refractivity contribution in [3.05, 3.63) is 78.2 Å². The fourth-order valence-corrected chi connectivity index (χ4v) is 5.85. The molecule has 1 aromatic heterocycles. The summed E-state index contributed by atoms with van der Waals surface area (Å²) in [4.78, 5) is 19.1. The van der Waals surface area contributed by atoms with Gasteiger partial charge in [0.2, 0.25) is 27.6 Å². The average Bonchev–Trinajstić information content (AvgIpc) is 3.30. The molecule has 2 heterocycles. The first-order valence-electron chi connectivity index (χ1n) is 11.1. The second kappa shape index (κ2) is 9.00. The maximum atomic E-state index is 13.3. The van der Waals surface area contributed by atoms with Crippen molar-refractivity contribution in [2.24, 2.45) is 0 Å². The number of hydrogen-bond acceptors (Lipinski definition) is 6. The van der Waals surface area contributed by atoms with Crippen molar-refractivity contribution < 1.29 is 17.7 Å². The molecule has 5 rings (SSSR count). The van der Waals surface area contributed by atoms with Crippen LogP contribution in [0.5, 0.6) is 0 Å². The number of rotatable bonds is 5. The Hall–Kier alpha value is -3.56. The van der Waals surface area contributed by atoms with Gasteiger partial charge < -0.3 is 9.42 Å². The van der Waals surface area contributed by atoms with E-state index >= 15 is 0 Å². The van der Waals surface area contributed by atoms with Crippen LogP contribution < -0.4 is 0 Å². The van der Waals surface area contributed by atoms with E-state index < -0.39 is 10.0 Å². The third kappa shape index (κ3) is 4.32. The summed E-state index contributed by atoms with van der Waals surface area (Å²) in [5, 5.41) is 5.50. The molecule has 0 saturated carbocycles. The molecule has 174 valence electrons. The molecule has 8 nitrogen and oxygen atoms in total. The van der Waals surface area contributed by atoms with Gasteiger partial charge in [-0.1, -0.05) is 65.8 Å². The van der Waals surface area contributed by atoms with Gasteiger partial charge in [0, 0.05) is 44.1 Å². The van der Waals surface area contributed by atoms with Gasteiger partial charge >= 0.3 is 0 Å². The highest BCUT2D eigenvalue weighted by Crippen LogP contribution is 2.26. The number of carbonyl (C=O) groups excluding carboxylic acids is 1. The Morgan fingerprint density at radius 1 is 0.941 bits per heavy atom. The lowest BCUT2D eigenvalue weighted by atomic mass is 10.1. The van der Waals surface area contributed by atoms with Crippen LogP contribution in [-0.2, 0) is 21.2 Å². The minimum Gasteiger partial charge on any atom is -0.340 e. The zero-order valence-electron chi connectivity index (χ0n) is 18.7. The Kier molecular flexibility index (Phi) is 5.89. The van der Waals surface area contributed by atoms with Gasteiger partial charge in [-0.3, -0.25) is 4.79 Å². The predicted molar refractivity (Wildman–Crippen MR) is 127 cm³/mol. The van der Waals surface area contributed by atoms with E-state index in [0.29, 0.717) is 35.1 Å². The molecule has 1 aliphatic heterocycles. The largest absolute Gasteiger partial charge is 0.340 e. The van der Waals surface area contributed by atoms with Crippen molar-refractivity contribution in [2.75, 3.05) is 26.2 Å². The second-order valence-corrected chi connectivity index (χ2v) is 10.2. The number of carbonyl (C=O) groups is 1. The van der Waals surface area contributed by atoms with Crippen LogP contribution in [0.1, 0.15) is 11.5 Å². The molecule has 0 spiro atoms. The van der Waals surface area contributed by atoms with Gasteiger partial charge in [-0.25, -0.2) is 8.42 Å². The number of amides is 1. The molecular weight excluding hydrogens is 452 g/mol. The van der Waals surface area contributed by atoms with Crippen LogP contribution in [0.2, 0.25) is 0 Å². The number of aryl methyl sites for hydroxylation is 1. The van der Waals surface area contributed by atoms with Gasteiger partial charge in [-0.15, -0.1) is 0 Å². The molecule has 1 fully saturated rings. The van der Waals surface area contributed by atoms with Crippen molar-refractivity contribution in [1.82, 2.24) is 19.3 Å². The van der Waals surface area contributed by atoms with Crippen molar-refractivity contribution in [2.45, 2.75) is 18.2 Å². The first kappa shape index (κ1) is 22.2. The third-order valence-corrected chi connectivity index (χ3v) is 8.01. The van der Waals surface area contributed by atoms with Crippen LogP contribution >= 0.6 is 0 Å². The number of fused-ring (bicyclic) bond motifs is 1. The molecule has 34 heavy (non-hydrogen) atoms. The third-order valence-electron chi connectivity index (χ3n) is 6.05. The molecule has 1 amide bonds. The van der Waals surface area contributed by atoms with Crippen LogP contribution in [0.4, 0.5) is 0 Å². The maximum Gasteiger partial charge on any atom is 0.243 e. The highest BCUT2D eigenvalue weighted by atomic mass is 32.2. The van der Waals surface area contributed by atoms with E-state index in [4.69, 9.17) is 4.52 Å². The molecule has 9 heteroatoms. The summed E-state index contributed by atoms with van der Waals surface area (Å²) in [6.45, 7) is 3.00. The number of piperazine rings is 1.